The summed E-state index contributed by atoms with van der Waals surface area (Å²) in [6.07, 6.45) is 1.45. The lowest BCUT2D eigenvalue weighted by Gasteiger charge is -2.06. The molecule has 19 heavy (non-hydrogen) atoms. The number of hydrogen-bond donors (Lipinski definition) is 2. The normalized spacial score (nSPS) is 10.0. The third-order valence-corrected chi connectivity index (χ3v) is 2.47. The van der Waals surface area contributed by atoms with Crippen LogP contribution in [0, 0.1) is 5.82 Å². The van der Waals surface area contributed by atoms with E-state index in [0.717, 1.165) is 6.07 Å². The molecular weight excluding hydrogens is 249 g/mol. The first-order valence-electron chi connectivity index (χ1n) is 5.46. The van der Waals surface area contributed by atoms with Gasteiger partial charge >= 0.3 is 0 Å². The number of nitrogen functional groups attached to an aromatic ring is 1. The molecule has 0 fully saturated rings. The number of nitrogens with one attached hydrogen (secondary N) is 1. The molecule has 0 spiro atoms. The number of carbonyl (C=O) groups is 1. The maximum Gasteiger partial charge on any atom is 0.255 e. The quantitative estimate of drug-likeness (QED) is 0.829. The highest BCUT2D eigenvalue weighted by atomic mass is 19.1. The first kappa shape index (κ1) is 12.8. The Labute approximate surface area is 109 Å². The molecule has 0 saturated heterocycles. The predicted molar refractivity (Wildman–Crippen MR) is 69.6 cm³/mol. The highest BCUT2D eigenvalue weighted by Gasteiger charge is 2.09. The lowest BCUT2D eigenvalue weighted by atomic mass is 10.2. The number of nitrogens with zero attached hydrogens (tertiary/aromatic N) is 1. The number of rotatable bonds is 3. The summed E-state index contributed by atoms with van der Waals surface area (Å²) in [6, 6.07) is 7.12. The minimum absolute atomic E-state index is 0.00247. The Morgan fingerprint density at radius 2 is 2.16 bits per heavy atom. The zero-order chi connectivity index (χ0) is 13.8. The summed E-state index contributed by atoms with van der Waals surface area (Å²) in [6.45, 7) is 0. The molecule has 1 amide bonds. The molecule has 2 rings (SSSR count). The number of ether oxygens (including phenoxy) is 1. The minimum Gasteiger partial charge on any atom is -0.481 e. The monoisotopic (exact) mass is 261 g/mol. The molecule has 0 unspecified atom stereocenters. The van der Waals surface area contributed by atoms with Crippen LogP contribution in [0.15, 0.2) is 36.5 Å². The van der Waals surface area contributed by atoms with Crippen molar-refractivity contribution in [2.75, 3.05) is 18.2 Å². The highest BCUT2D eigenvalue weighted by Crippen LogP contribution is 2.15. The lowest BCUT2D eigenvalue weighted by molar-refractivity contribution is 0.102. The number of anilines is 2. The molecule has 0 aliphatic carbocycles. The van der Waals surface area contributed by atoms with Crippen molar-refractivity contribution in [1.82, 2.24) is 4.98 Å². The lowest BCUT2D eigenvalue weighted by Crippen LogP contribution is -2.12. The number of nitrogens with two attached hydrogens (primary N) is 1. The van der Waals surface area contributed by atoms with Gasteiger partial charge in [0.15, 0.2) is 0 Å². The maximum atomic E-state index is 13.2. The number of halogens is 1. The van der Waals surface area contributed by atoms with Gasteiger partial charge in [-0.1, -0.05) is 0 Å². The van der Waals surface area contributed by atoms with Gasteiger partial charge in [-0.05, 0) is 24.3 Å². The smallest absolute Gasteiger partial charge is 0.255 e. The fourth-order valence-corrected chi connectivity index (χ4v) is 1.45. The topological polar surface area (TPSA) is 77.2 Å². The van der Waals surface area contributed by atoms with Gasteiger partial charge in [0.2, 0.25) is 5.88 Å². The zero-order valence-corrected chi connectivity index (χ0v) is 10.2. The maximum absolute atomic E-state index is 13.2. The number of hydrogen-bond acceptors (Lipinski definition) is 4. The van der Waals surface area contributed by atoms with E-state index in [-0.39, 0.29) is 11.3 Å². The van der Waals surface area contributed by atoms with Crippen molar-refractivity contribution in [1.29, 1.82) is 0 Å². The van der Waals surface area contributed by atoms with E-state index in [9.17, 15) is 9.18 Å². The molecule has 0 aliphatic rings. The zero-order valence-electron chi connectivity index (χ0n) is 10.2. The van der Waals surface area contributed by atoms with Gasteiger partial charge in [0, 0.05) is 11.6 Å². The van der Waals surface area contributed by atoms with E-state index in [2.05, 4.69) is 10.3 Å². The second-order valence-corrected chi connectivity index (χ2v) is 3.78. The molecule has 0 atom stereocenters. The number of pyridine rings is 1. The Kier molecular flexibility index (Phi) is 3.61. The van der Waals surface area contributed by atoms with Gasteiger partial charge < -0.3 is 15.8 Å². The molecule has 0 saturated carbocycles. The Morgan fingerprint density at radius 1 is 1.37 bits per heavy atom. The van der Waals surface area contributed by atoms with Crippen molar-refractivity contribution in [3.63, 3.8) is 0 Å². The SMILES string of the molecule is COc1ccc(NC(=O)c2ccc(N)c(F)c2)cn1. The van der Waals surface area contributed by atoms with Crippen LogP contribution in [0.5, 0.6) is 5.88 Å². The predicted octanol–water partition coefficient (Wildman–Crippen LogP) is 2.06. The van der Waals surface area contributed by atoms with Crippen molar-refractivity contribution in [3.05, 3.63) is 47.9 Å². The molecule has 6 heteroatoms. The number of benzene rings is 1. The molecule has 0 bridgehead atoms. The Hall–Kier alpha value is -2.63. The largest absolute Gasteiger partial charge is 0.481 e. The number of aromatic nitrogens is 1. The van der Waals surface area contributed by atoms with Crippen LogP contribution in [0.4, 0.5) is 15.8 Å². The summed E-state index contributed by atoms with van der Waals surface area (Å²) < 4.78 is 18.1. The summed E-state index contributed by atoms with van der Waals surface area (Å²) >= 11 is 0. The van der Waals surface area contributed by atoms with Gasteiger partial charge in [0.25, 0.3) is 5.91 Å². The summed E-state index contributed by atoms with van der Waals surface area (Å²) in [5.74, 6) is -0.622. The van der Waals surface area contributed by atoms with Crippen molar-refractivity contribution in [2.24, 2.45) is 0 Å². The van der Waals surface area contributed by atoms with Crippen molar-refractivity contribution in [2.45, 2.75) is 0 Å². The summed E-state index contributed by atoms with van der Waals surface area (Å²) in [4.78, 5) is 15.8. The van der Waals surface area contributed by atoms with Crippen molar-refractivity contribution < 1.29 is 13.9 Å². The van der Waals surface area contributed by atoms with E-state index in [1.165, 1.54) is 25.4 Å². The van der Waals surface area contributed by atoms with Crippen LogP contribution in [0.1, 0.15) is 10.4 Å². The molecule has 0 radical (unpaired) electrons. The van der Waals surface area contributed by atoms with E-state index in [1.807, 2.05) is 0 Å². The van der Waals surface area contributed by atoms with E-state index in [4.69, 9.17) is 10.5 Å². The Bertz CT molecular complexity index is 599. The van der Waals surface area contributed by atoms with E-state index < -0.39 is 11.7 Å². The molecule has 98 valence electrons. The second-order valence-electron chi connectivity index (χ2n) is 3.78. The van der Waals surface area contributed by atoms with Gasteiger partial charge in [-0.25, -0.2) is 9.37 Å². The van der Waals surface area contributed by atoms with Gasteiger partial charge in [0.1, 0.15) is 5.82 Å². The van der Waals surface area contributed by atoms with Gasteiger partial charge in [0.05, 0.1) is 24.7 Å². The molecule has 1 aromatic heterocycles. The van der Waals surface area contributed by atoms with E-state index >= 15 is 0 Å². The first-order chi connectivity index (χ1) is 9.10. The summed E-state index contributed by atoms with van der Waals surface area (Å²) in [5, 5.41) is 2.59. The standard InChI is InChI=1S/C13H12FN3O2/c1-19-12-5-3-9(7-16-12)17-13(18)8-2-4-11(15)10(14)6-8/h2-7H,15H2,1H3,(H,17,18). The third-order valence-electron chi connectivity index (χ3n) is 2.47. The molecular formula is C13H12FN3O2. The molecule has 2 aromatic rings. The molecule has 1 aromatic carbocycles. The van der Waals surface area contributed by atoms with Crippen LogP contribution in [0.2, 0.25) is 0 Å². The van der Waals surface area contributed by atoms with Crippen LogP contribution < -0.4 is 15.8 Å². The fraction of sp³-hybridized carbons (Fsp3) is 0.0769. The summed E-state index contributed by atoms with van der Waals surface area (Å²) in [5.41, 5.74) is 6.02. The fourth-order valence-electron chi connectivity index (χ4n) is 1.45. The van der Waals surface area contributed by atoms with Crippen LogP contribution in [0.25, 0.3) is 0 Å². The van der Waals surface area contributed by atoms with Crippen LogP contribution >= 0.6 is 0 Å². The van der Waals surface area contributed by atoms with Crippen LogP contribution in [0.3, 0.4) is 0 Å². The average molecular weight is 261 g/mol. The van der Waals surface area contributed by atoms with E-state index in [1.54, 1.807) is 12.1 Å². The second kappa shape index (κ2) is 5.34. The number of amides is 1. The van der Waals surface area contributed by atoms with Gasteiger partial charge in [-0.15, -0.1) is 0 Å². The highest BCUT2D eigenvalue weighted by molar-refractivity contribution is 6.04. The number of carbonyl (C=O) groups excluding carboxylic acids is 1. The average Bonchev–Trinajstić information content (AvgIpc) is 2.42. The van der Waals surface area contributed by atoms with Crippen molar-refractivity contribution >= 4 is 17.3 Å². The molecule has 5 nitrogen and oxygen atoms in total. The third kappa shape index (κ3) is 2.98. The first-order valence-corrected chi connectivity index (χ1v) is 5.46. The molecule has 3 N–H and O–H groups in total. The van der Waals surface area contributed by atoms with E-state index in [0.29, 0.717) is 11.6 Å². The minimum atomic E-state index is -0.625. The number of methoxy groups -OCH3 is 1. The van der Waals surface area contributed by atoms with Crippen LogP contribution in [-0.4, -0.2) is 18.0 Å². The van der Waals surface area contributed by atoms with Gasteiger partial charge in [-0.3, -0.25) is 4.79 Å². The summed E-state index contributed by atoms with van der Waals surface area (Å²) in [7, 11) is 1.50. The molecule has 1 heterocycles. The Morgan fingerprint density at radius 3 is 2.74 bits per heavy atom. The Balaban J connectivity index is 2.13. The molecule has 0 aliphatic heterocycles. The van der Waals surface area contributed by atoms with Crippen molar-refractivity contribution in [3.8, 4) is 5.88 Å². The van der Waals surface area contributed by atoms with Crippen LogP contribution in [-0.2, 0) is 0 Å². The van der Waals surface area contributed by atoms with Gasteiger partial charge in [-0.2, -0.15) is 0 Å².